The zero-order valence-electron chi connectivity index (χ0n) is 13.8. The van der Waals surface area contributed by atoms with Crippen LogP contribution < -0.4 is 10.7 Å². The zero-order chi connectivity index (χ0) is 18.1. The van der Waals surface area contributed by atoms with Gasteiger partial charge in [0, 0.05) is 11.1 Å². The lowest BCUT2D eigenvalue weighted by Crippen LogP contribution is -2.15. The van der Waals surface area contributed by atoms with Gasteiger partial charge in [0.25, 0.3) is 5.91 Å². The number of hydrogen-bond donors (Lipinski definition) is 2. The molecule has 0 saturated carbocycles. The number of anilines is 1. The van der Waals surface area contributed by atoms with Crippen LogP contribution in [0.15, 0.2) is 64.1 Å². The molecule has 0 saturated heterocycles. The van der Waals surface area contributed by atoms with Crippen LogP contribution in [0.2, 0.25) is 0 Å². The highest BCUT2D eigenvalue weighted by atomic mass is 16.3. The van der Waals surface area contributed by atoms with E-state index in [4.69, 9.17) is 4.42 Å². The number of carbonyl (C=O) groups is 1. The van der Waals surface area contributed by atoms with Gasteiger partial charge in [0.15, 0.2) is 11.0 Å². The first-order chi connectivity index (χ1) is 12.6. The first-order valence-electron chi connectivity index (χ1n) is 7.93. The highest BCUT2D eigenvalue weighted by Gasteiger charge is 2.18. The summed E-state index contributed by atoms with van der Waals surface area (Å²) in [6.45, 7) is 1.72. The number of benzene rings is 2. The highest BCUT2D eigenvalue weighted by molar-refractivity contribution is 6.10. The number of carbonyl (C=O) groups excluding carboxylic acids is 1. The third-order valence-electron chi connectivity index (χ3n) is 4.07. The van der Waals surface area contributed by atoms with E-state index in [0.717, 1.165) is 5.56 Å². The summed E-state index contributed by atoms with van der Waals surface area (Å²) in [6.07, 6.45) is 1.29. The Morgan fingerprint density at radius 1 is 1.12 bits per heavy atom. The minimum absolute atomic E-state index is 0.167. The lowest BCUT2D eigenvalue weighted by Gasteiger charge is -2.10. The molecule has 2 aromatic heterocycles. The average molecular weight is 346 g/mol. The molecule has 2 heterocycles. The van der Waals surface area contributed by atoms with Gasteiger partial charge < -0.3 is 4.42 Å². The summed E-state index contributed by atoms with van der Waals surface area (Å²) >= 11 is 0. The Morgan fingerprint density at radius 3 is 2.65 bits per heavy atom. The standard InChI is InChI=1S/C19H14N4O3/c1-11-15(24)13-8-5-9-14(18(25)22-19-20-10-21-23-19)17(13)26-16(11)12-6-3-2-4-7-12/h2-10H,1H3,(H2,20,21,22,23,25). The van der Waals surface area contributed by atoms with E-state index in [9.17, 15) is 9.59 Å². The van der Waals surface area contributed by atoms with Crippen LogP contribution in [0.1, 0.15) is 15.9 Å². The average Bonchev–Trinajstić information content (AvgIpc) is 3.18. The van der Waals surface area contributed by atoms with Crippen LogP contribution in [-0.4, -0.2) is 21.1 Å². The van der Waals surface area contributed by atoms with Crippen molar-refractivity contribution in [2.45, 2.75) is 6.92 Å². The molecule has 7 heteroatoms. The number of nitrogens with one attached hydrogen (secondary N) is 2. The summed E-state index contributed by atoms with van der Waals surface area (Å²) in [6, 6.07) is 14.2. The van der Waals surface area contributed by atoms with Gasteiger partial charge in [0.1, 0.15) is 12.1 Å². The van der Waals surface area contributed by atoms with Crippen LogP contribution in [-0.2, 0) is 0 Å². The molecule has 1 amide bonds. The summed E-state index contributed by atoms with van der Waals surface area (Å²) in [5.74, 6) is 0.214. The van der Waals surface area contributed by atoms with E-state index in [2.05, 4.69) is 20.5 Å². The smallest absolute Gasteiger partial charge is 0.261 e. The summed E-state index contributed by atoms with van der Waals surface area (Å²) in [5, 5.41) is 9.19. The van der Waals surface area contributed by atoms with Gasteiger partial charge in [-0.2, -0.15) is 10.1 Å². The second-order valence-corrected chi connectivity index (χ2v) is 5.72. The fourth-order valence-electron chi connectivity index (χ4n) is 2.79. The van der Waals surface area contributed by atoms with E-state index in [1.807, 2.05) is 30.3 Å². The van der Waals surface area contributed by atoms with Gasteiger partial charge in [-0.25, -0.2) is 5.10 Å². The summed E-state index contributed by atoms with van der Waals surface area (Å²) in [7, 11) is 0. The Balaban J connectivity index is 1.91. The summed E-state index contributed by atoms with van der Waals surface area (Å²) in [5.41, 5.74) is 1.58. The molecule has 26 heavy (non-hydrogen) atoms. The molecule has 0 radical (unpaired) electrons. The van der Waals surface area contributed by atoms with Crippen molar-refractivity contribution in [3.05, 3.63) is 76.2 Å². The predicted octanol–water partition coefficient (Wildman–Crippen LogP) is 3.14. The number of nitrogens with zero attached hydrogens (tertiary/aromatic N) is 2. The molecule has 0 bridgehead atoms. The van der Waals surface area contributed by atoms with Crippen molar-refractivity contribution in [3.8, 4) is 11.3 Å². The fourth-order valence-corrected chi connectivity index (χ4v) is 2.79. The largest absolute Gasteiger partial charge is 0.455 e. The molecule has 128 valence electrons. The number of fused-ring (bicyclic) bond motifs is 1. The predicted molar refractivity (Wildman–Crippen MR) is 97.0 cm³/mol. The Bertz CT molecular complexity index is 1150. The SMILES string of the molecule is Cc1c(-c2ccccc2)oc2c(C(=O)Nc3ncn[nH]3)cccc2c1=O. The van der Waals surface area contributed by atoms with Crippen molar-refractivity contribution >= 4 is 22.8 Å². The molecule has 0 fully saturated rings. The first kappa shape index (κ1) is 15.8. The van der Waals surface area contributed by atoms with E-state index in [0.29, 0.717) is 16.7 Å². The fraction of sp³-hybridized carbons (Fsp3) is 0.0526. The summed E-state index contributed by atoms with van der Waals surface area (Å²) in [4.78, 5) is 29.3. The maximum Gasteiger partial charge on any atom is 0.261 e. The summed E-state index contributed by atoms with van der Waals surface area (Å²) < 4.78 is 6.02. The number of rotatable bonds is 3. The number of amides is 1. The maximum atomic E-state index is 12.8. The Kier molecular flexibility index (Phi) is 3.81. The third kappa shape index (κ3) is 2.65. The maximum absolute atomic E-state index is 12.8. The van der Waals surface area contributed by atoms with Crippen LogP contribution in [0.3, 0.4) is 0 Å². The Labute approximate surface area is 147 Å². The van der Waals surface area contributed by atoms with Gasteiger partial charge in [0.2, 0.25) is 5.95 Å². The lowest BCUT2D eigenvalue weighted by molar-refractivity contribution is 0.102. The molecule has 0 unspecified atom stereocenters. The second-order valence-electron chi connectivity index (χ2n) is 5.72. The molecule has 0 spiro atoms. The van der Waals surface area contributed by atoms with Gasteiger partial charge in [-0.05, 0) is 19.1 Å². The van der Waals surface area contributed by atoms with Crippen LogP contribution in [0.25, 0.3) is 22.3 Å². The first-order valence-corrected chi connectivity index (χ1v) is 7.93. The quantitative estimate of drug-likeness (QED) is 0.593. The van der Waals surface area contributed by atoms with Crippen LogP contribution in [0.4, 0.5) is 5.95 Å². The number of aromatic amines is 1. The molecular formula is C19H14N4O3. The Hall–Kier alpha value is -3.74. The van der Waals surface area contributed by atoms with Crippen molar-refractivity contribution in [3.63, 3.8) is 0 Å². The van der Waals surface area contributed by atoms with Crippen molar-refractivity contribution in [1.29, 1.82) is 0 Å². The van der Waals surface area contributed by atoms with E-state index in [1.165, 1.54) is 6.33 Å². The lowest BCUT2D eigenvalue weighted by atomic mass is 10.0. The molecule has 0 aliphatic heterocycles. The molecule has 0 atom stereocenters. The molecule has 2 aromatic carbocycles. The second kappa shape index (κ2) is 6.29. The van der Waals surface area contributed by atoms with Crippen LogP contribution >= 0.6 is 0 Å². The van der Waals surface area contributed by atoms with E-state index < -0.39 is 5.91 Å². The number of H-pyrrole nitrogens is 1. The van der Waals surface area contributed by atoms with Crippen molar-refractivity contribution in [2.24, 2.45) is 0 Å². The third-order valence-corrected chi connectivity index (χ3v) is 4.07. The van der Waals surface area contributed by atoms with Gasteiger partial charge >= 0.3 is 0 Å². The van der Waals surface area contributed by atoms with Gasteiger partial charge in [0.05, 0.1) is 10.9 Å². The van der Waals surface area contributed by atoms with Crippen LogP contribution in [0, 0.1) is 6.92 Å². The highest BCUT2D eigenvalue weighted by Crippen LogP contribution is 2.27. The Morgan fingerprint density at radius 2 is 1.92 bits per heavy atom. The van der Waals surface area contributed by atoms with Crippen molar-refractivity contribution in [1.82, 2.24) is 15.2 Å². The molecule has 4 rings (SSSR count). The molecule has 2 N–H and O–H groups in total. The molecule has 4 aromatic rings. The van der Waals surface area contributed by atoms with E-state index >= 15 is 0 Å². The monoisotopic (exact) mass is 346 g/mol. The van der Waals surface area contributed by atoms with E-state index in [-0.39, 0.29) is 22.5 Å². The molecule has 0 aliphatic rings. The van der Waals surface area contributed by atoms with Gasteiger partial charge in [-0.15, -0.1) is 0 Å². The topological polar surface area (TPSA) is 101 Å². The van der Waals surface area contributed by atoms with E-state index in [1.54, 1.807) is 25.1 Å². The molecular weight excluding hydrogens is 332 g/mol. The number of aromatic nitrogens is 3. The van der Waals surface area contributed by atoms with Gasteiger partial charge in [-0.3, -0.25) is 14.9 Å². The number of hydrogen-bond acceptors (Lipinski definition) is 5. The number of para-hydroxylation sites is 1. The normalized spacial score (nSPS) is 10.8. The minimum Gasteiger partial charge on any atom is -0.455 e. The zero-order valence-corrected chi connectivity index (χ0v) is 13.8. The van der Waals surface area contributed by atoms with Crippen LogP contribution in [0.5, 0.6) is 0 Å². The van der Waals surface area contributed by atoms with Crippen molar-refractivity contribution < 1.29 is 9.21 Å². The molecule has 0 aliphatic carbocycles. The molecule has 7 nitrogen and oxygen atoms in total. The van der Waals surface area contributed by atoms with Gasteiger partial charge in [-0.1, -0.05) is 36.4 Å². The van der Waals surface area contributed by atoms with Crippen molar-refractivity contribution in [2.75, 3.05) is 5.32 Å². The minimum atomic E-state index is -0.446.